The summed E-state index contributed by atoms with van der Waals surface area (Å²) in [4.78, 5) is 23.9. The molecule has 5 nitrogen and oxygen atoms in total. The Morgan fingerprint density at radius 3 is 2.55 bits per heavy atom. The second kappa shape index (κ2) is 8.36. The summed E-state index contributed by atoms with van der Waals surface area (Å²) in [6.45, 7) is 0.444. The maximum absolute atomic E-state index is 11.6. The number of benzene rings is 2. The number of halogens is 1. The molecular formula is C16H19ClN2O3. The zero-order valence-corrected chi connectivity index (χ0v) is 13.1. The fraction of sp³-hybridized carbons (Fsp3) is 0.250. The van der Waals surface area contributed by atoms with Gasteiger partial charge in [-0.05, 0) is 23.4 Å². The SMILES string of the molecule is CN(CC(=O)NCC(=O)O)Cc1cccc2ccccc12.Cl. The van der Waals surface area contributed by atoms with Gasteiger partial charge in [-0.2, -0.15) is 0 Å². The van der Waals surface area contributed by atoms with Gasteiger partial charge in [-0.3, -0.25) is 14.5 Å². The van der Waals surface area contributed by atoms with Crippen molar-refractivity contribution < 1.29 is 14.7 Å². The van der Waals surface area contributed by atoms with Gasteiger partial charge in [-0.25, -0.2) is 0 Å². The number of nitrogens with one attached hydrogen (secondary N) is 1. The molecule has 2 N–H and O–H groups in total. The van der Waals surface area contributed by atoms with E-state index in [1.54, 1.807) is 0 Å². The van der Waals surface area contributed by atoms with Crippen LogP contribution in [-0.2, 0) is 16.1 Å². The van der Waals surface area contributed by atoms with Crippen molar-refractivity contribution in [2.75, 3.05) is 20.1 Å². The third-order valence-corrected chi connectivity index (χ3v) is 3.17. The Hall–Kier alpha value is -2.11. The zero-order chi connectivity index (χ0) is 15.2. The Labute approximate surface area is 135 Å². The second-order valence-corrected chi connectivity index (χ2v) is 4.98. The summed E-state index contributed by atoms with van der Waals surface area (Å²) in [7, 11) is 1.84. The molecule has 0 saturated heterocycles. The molecule has 2 aromatic rings. The molecular weight excluding hydrogens is 304 g/mol. The molecule has 22 heavy (non-hydrogen) atoms. The van der Waals surface area contributed by atoms with Gasteiger partial charge in [0.05, 0.1) is 6.54 Å². The van der Waals surface area contributed by atoms with Gasteiger partial charge in [-0.15, -0.1) is 12.4 Å². The predicted octanol–water partition coefficient (Wildman–Crippen LogP) is 1.89. The Balaban J connectivity index is 0.00000242. The molecule has 0 atom stereocenters. The first-order valence-corrected chi connectivity index (χ1v) is 6.70. The molecule has 6 heteroatoms. The molecule has 0 unspecified atom stereocenters. The Bertz CT molecular complexity index is 655. The third kappa shape index (κ3) is 5.02. The van der Waals surface area contributed by atoms with Gasteiger partial charge in [0.25, 0.3) is 0 Å². The van der Waals surface area contributed by atoms with Crippen molar-refractivity contribution in [2.45, 2.75) is 6.54 Å². The molecule has 118 valence electrons. The first-order valence-electron chi connectivity index (χ1n) is 6.70. The van der Waals surface area contributed by atoms with Gasteiger partial charge in [0.1, 0.15) is 6.54 Å². The highest BCUT2D eigenvalue weighted by Crippen LogP contribution is 2.19. The lowest BCUT2D eigenvalue weighted by atomic mass is 10.0. The lowest BCUT2D eigenvalue weighted by Gasteiger charge is -2.17. The van der Waals surface area contributed by atoms with Crippen molar-refractivity contribution in [1.29, 1.82) is 0 Å². The minimum Gasteiger partial charge on any atom is -0.480 e. The van der Waals surface area contributed by atoms with Crippen LogP contribution in [-0.4, -0.2) is 42.0 Å². The van der Waals surface area contributed by atoms with Crippen molar-refractivity contribution in [2.24, 2.45) is 0 Å². The Kier molecular flexibility index (Phi) is 6.82. The molecule has 2 aromatic carbocycles. The predicted molar refractivity (Wildman–Crippen MR) is 88.2 cm³/mol. The van der Waals surface area contributed by atoms with E-state index in [1.165, 1.54) is 5.39 Å². The lowest BCUT2D eigenvalue weighted by molar-refractivity contribution is -0.138. The lowest BCUT2D eigenvalue weighted by Crippen LogP contribution is -2.37. The minimum atomic E-state index is -1.04. The highest BCUT2D eigenvalue weighted by atomic mass is 35.5. The number of likely N-dealkylation sites (N-methyl/N-ethyl adjacent to an activating group) is 1. The summed E-state index contributed by atoms with van der Waals surface area (Å²) in [6, 6.07) is 14.2. The van der Waals surface area contributed by atoms with Gasteiger partial charge in [0.15, 0.2) is 0 Å². The molecule has 0 aliphatic rings. The smallest absolute Gasteiger partial charge is 0.322 e. The van der Waals surface area contributed by atoms with E-state index in [2.05, 4.69) is 23.5 Å². The fourth-order valence-electron chi connectivity index (χ4n) is 2.25. The summed E-state index contributed by atoms with van der Waals surface area (Å²) in [6.07, 6.45) is 0. The molecule has 2 rings (SSSR count). The van der Waals surface area contributed by atoms with E-state index < -0.39 is 5.97 Å². The van der Waals surface area contributed by atoms with E-state index in [0.717, 1.165) is 10.9 Å². The van der Waals surface area contributed by atoms with E-state index in [-0.39, 0.29) is 31.4 Å². The number of nitrogens with zero attached hydrogens (tertiary/aromatic N) is 1. The third-order valence-electron chi connectivity index (χ3n) is 3.17. The highest BCUT2D eigenvalue weighted by molar-refractivity contribution is 5.86. The van der Waals surface area contributed by atoms with Crippen LogP contribution in [0.3, 0.4) is 0 Å². The van der Waals surface area contributed by atoms with E-state index >= 15 is 0 Å². The molecule has 0 bridgehead atoms. The maximum Gasteiger partial charge on any atom is 0.322 e. The van der Waals surface area contributed by atoms with Crippen LogP contribution in [0.5, 0.6) is 0 Å². The molecule has 0 fully saturated rings. The van der Waals surface area contributed by atoms with E-state index in [1.807, 2.05) is 36.2 Å². The van der Waals surface area contributed by atoms with E-state index in [9.17, 15) is 9.59 Å². The fourth-order valence-corrected chi connectivity index (χ4v) is 2.25. The molecule has 1 amide bonds. The number of carboxylic acids is 1. The second-order valence-electron chi connectivity index (χ2n) is 4.98. The normalized spacial score (nSPS) is 10.3. The van der Waals surface area contributed by atoms with Gasteiger partial charge in [-0.1, -0.05) is 42.5 Å². The van der Waals surface area contributed by atoms with Crippen LogP contribution in [0.2, 0.25) is 0 Å². The summed E-state index contributed by atoms with van der Waals surface area (Å²) < 4.78 is 0. The number of carbonyl (C=O) groups excluding carboxylic acids is 1. The first kappa shape index (κ1) is 17.9. The summed E-state index contributed by atoms with van der Waals surface area (Å²) in [5.41, 5.74) is 1.14. The van der Waals surface area contributed by atoms with Gasteiger partial charge in [0.2, 0.25) is 5.91 Å². The number of carbonyl (C=O) groups is 2. The number of fused-ring (bicyclic) bond motifs is 1. The van der Waals surface area contributed by atoms with Crippen molar-refractivity contribution >= 4 is 35.1 Å². The summed E-state index contributed by atoms with van der Waals surface area (Å²) in [5.74, 6) is -1.33. The summed E-state index contributed by atoms with van der Waals surface area (Å²) in [5, 5.41) is 13.2. The van der Waals surface area contributed by atoms with Gasteiger partial charge in [0, 0.05) is 6.54 Å². The van der Waals surface area contributed by atoms with Crippen molar-refractivity contribution in [3.8, 4) is 0 Å². The van der Waals surface area contributed by atoms with Crippen LogP contribution in [0, 0.1) is 0 Å². The van der Waals surface area contributed by atoms with E-state index in [0.29, 0.717) is 6.54 Å². The number of hydrogen-bond acceptors (Lipinski definition) is 3. The molecule has 0 radical (unpaired) electrons. The largest absolute Gasteiger partial charge is 0.480 e. The van der Waals surface area contributed by atoms with Crippen molar-refractivity contribution in [1.82, 2.24) is 10.2 Å². The summed E-state index contributed by atoms with van der Waals surface area (Å²) >= 11 is 0. The van der Waals surface area contributed by atoms with Crippen LogP contribution < -0.4 is 5.32 Å². The van der Waals surface area contributed by atoms with Crippen molar-refractivity contribution in [3.05, 3.63) is 48.0 Å². The average molecular weight is 323 g/mol. The quantitative estimate of drug-likeness (QED) is 0.852. The zero-order valence-electron chi connectivity index (χ0n) is 12.3. The first-order chi connectivity index (χ1) is 10.1. The van der Waals surface area contributed by atoms with Crippen molar-refractivity contribution in [3.63, 3.8) is 0 Å². The number of carboxylic acid groups (broad SMARTS) is 1. The highest BCUT2D eigenvalue weighted by Gasteiger charge is 2.09. The molecule has 0 heterocycles. The Morgan fingerprint density at radius 2 is 1.82 bits per heavy atom. The van der Waals surface area contributed by atoms with Crippen LogP contribution in [0.4, 0.5) is 0 Å². The molecule has 0 saturated carbocycles. The average Bonchev–Trinajstić information content (AvgIpc) is 2.45. The van der Waals surface area contributed by atoms with Crippen LogP contribution in [0.25, 0.3) is 10.8 Å². The number of aliphatic carboxylic acids is 1. The molecule has 0 spiro atoms. The molecule has 0 aromatic heterocycles. The van der Waals surface area contributed by atoms with Gasteiger partial charge >= 0.3 is 5.97 Å². The Morgan fingerprint density at radius 1 is 1.14 bits per heavy atom. The van der Waals surface area contributed by atoms with Crippen LogP contribution in [0.1, 0.15) is 5.56 Å². The van der Waals surface area contributed by atoms with E-state index in [4.69, 9.17) is 5.11 Å². The monoisotopic (exact) mass is 322 g/mol. The molecule has 0 aliphatic heterocycles. The van der Waals surface area contributed by atoms with Crippen LogP contribution in [0.15, 0.2) is 42.5 Å². The van der Waals surface area contributed by atoms with Gasteiger partial charge < -0.3 is 10.4 Å². The maximum atomic E-state index is 11.6. The standard InChI is InChI=1S/C16H18N2O3.ClH/c1-18(11-15(19)17-9-16(20)21)10-13-7-4-6-12-5-2-3-8-14(12)13;/h2-8H,9-11H2,1H3,(H,17,19)(H,20,21);1H. The minimum absolute atomic E-state index is 0. The number of hydrogen-bond donors (Lipinski definition) is 2. The topological polar surface area (TPSA) is 69.6 Å². The number of amides is 1. The van der Waals surface area contributed by atoms with Crippen LogP contribution >= 0.6 is 12.4 Å². The molecule has 0 aliphatic carbocycles. The number of rotatable bonds is 6.